The molecule has 0 amide bonds. The molecular formula is C42H39BrF2N6O4. The molecule has 8 rings (SSSR count). The zero-order chi connectivity index (χ0) is 38.5. The minimum absolute atomic E-state index is 0.261. The van der Waals surface area contributed by atoms with Gasteiger partial charge in [-0.1, -0.05) is 24.3 Å². The standard InChI is InChI=1S/C21H19BrFN3O2.C21H20FN3O2/c1-27-17-10-14-4-3-9-26-19(16(14)11-18(17)28-2)20(22)25-21(26)24-12-13-5-7-15(23)8-6-13;1-26-19-10-15-4-3-9-25-18(17(15)11-20(19)27-2)13-24-21(25)23-12-14-5-7-16(22)8-6-14/h5-8,10-12H,3-4,9H2,1-2H3;5-8,10-13H,3-4,9H2,1-2H3. The van der Waals surface area contributed by atoms with Gasteiger partial charge >= 0.3 is 0 Å². The zero-order valence-corrected chi connectivity index (χ0v) is 32.4. The lowest BCUT2D eigenvalue weighted by atomic mass is 10.0. The smallest absolute Gasteiger partial charge is 0.231 e. The molecule has 13 heteroatoms. The largest absolute Gasteiger partial charge is 0.493 e. The summed E-state index contributed by atoms with van der Waals surface area (Å²) >= 11 is 3.60. The Morgan fingerprint density at radius 3 is 1.65 bits per heavy atom. The fraction of sp³-hybridized carbons (Fsp3) is 0.238. The maximum atomic E-state index is 13.1. The molecule has 0 atom stereocenters. The number of methoxy groups -OCH3 is 4. The molecule has 2 aliphatic rings. The second kappa shape index (κ2) is 16.7. The SMILES string of the molecule is COc1cc2c(cc1OC)-c1c(Br)nc(N=Cc3ccc(F)cc3)n1CCC2.COc1cc2c(cc1OC)-c1cnc(N=Cc3ccc(F)cc3)n1CCC2. The Balaban J connectivity index is 0.000000169. The van der Waals surface area contributed by atoms with Gasteiger partial charge in [0.05, 0.1) is 46.0 Å². The number of aryl methyl sites for hydroxylation is 2. The van der Waals surface area contributed by atoms with Crippen LogP contribution in [-0.4, -0.2) is 60.0 Å². The van der Waals surface area contributed by atoms with Crippen molar-refractivity contribution in [2.45, 2.75) is 38.8 Å². The van der Waals surface area contributed by atoms with Crippen molar-refractivity contribution in [1.82, 2.24) is 19.1 Å². The van der Waals surface area contributed by atoms with Crippen molar-refractivity contribution >= 4 is 40.3 Å². The third-order valence-electron chi connectivity index (χ3n) is 9.54. The number of aromatic nitrogens is 4. The lowest BCUT2D eigenvalue weighted by Crippen LogP contribution is -1.98. The summed E-state index contributed by atoms with van der Waals surface area (Å²) in [5.41, 5.74) is 8.16. The Bertz CT molecular complexity index is 2370. The number of hydrogen-bond donors (Lipinski definition) is 0. The van der Waals surface area contributed by atoms with Crippen LogP contribution in [0.2, 0.25) is 0 Å². The van der Waals surface area contributed by atoms with Gasteiger partial charge in [-0.05, 0) is 112 Å². The van der Waals surface area contributed by atoms with E-state index in [2.05, 4.69) is 45.0 Å². The Hall–Kier alpha value is -5.82. The van der Waals surface area contributed by atoms with E-state index in [4.69, 9.17) is 18.9 Å². The maximum absolute atomic E-state index is 13.1. The molecule has 2 aromatic heterocycles. The van der Waals surface area contributed by atoms with E-state index < -0.39 is 0 Å². The van der Waals surface area contributed by atoms with E-state index in [1.54, 1.807) is 65.1 Å². The number of aliphatic imine (C=N–C) groups is 2. The summed E-state index contributed by atoms with van der Waals surface area (Å²) in [6.07, 6.45) is 9.04. The molecule has 0 saturated carbocycles. The number of nitrogens with zero attached hydrogens (tertiary/aromatic N) is 6. The Morgan fingerprint density at radius 2 is 1.11 bits per heavy atom. The van der Waals surface area contributed by atoms with Crippen molar-refractivity contribution < 1.29 is 27.7 Å². The molecule has 4 heterocycles. The summed E-state index contributed by atoms with van der Waals surface area (Å²) in [4.78, 5) is 18.2. The highest BCUT2D eigenvalue weighted by molar-refractivity contribution is 9.10. The summed E-state index contributed by atoms with van der Waals surface area (Å²) in [6, 6.07) is 20.5. The van der Waals surface area contributed by atoms with Crippen molar-refractivity contribution in [3.8, 4) is 45.5 Å². The zero-order valence-electron chi connectivity index (χ0n) is 30.9. The highest BCUT2D eigenvalue weighted by Crippen LogP contribution is 2.43. The first-order valence-electron chi connectivity index (χ1n) is 17.7. The molecule has 0 spiro atoms. The molecule has 0 fully saturated rings. The van der Waals surface area contributed by atoms with E-state index in [1.165, 1.54) is 35.4 Å². The Morgan fingerprint density at radius 1 is 0.636 bits per heavy atom. The van der Waals surface area contributed by atoms with Crippen LogP contribution in [0.25, 0.3) is 22.5 Å². The summed E-state index contributed by atoms with van der Waals surface area (Å²) < 4.78 is 52.9. The van der Waals surface area contributed by atoms with Crippen LogP contribution >= 0.6 is 15.9 Å². The molecule has 0 unspecified atom stereocenters. The second-order valence-corrected chi connectivity index (χ2v) is 13.6. The molecule has 6 aromatic rings. The number of rotatable bonds is 8. The predicted octanol–water partition coefficient (Wildman–Crippen LogP) is 9.57. The highest BCUT2D eigenvalue weighted by atomic mass is 79.9. The van der Waals surface area contributed by atoms with E-state index >= 15 is 0 Å². The van der Waals surface area contributed by atoms with Crippen molar-refractivity contribution in [1.29, 1.82) is 0 Å². The summed E-state index contributed by atoms with van der Waals surface area (Å²) in [5.74, 6) is 3.55. The van der Waals surface area contributed by atoms with E-state index in [0.717, 1.165) is 88.5 Å². The molecule has 55 heavy (non-hydrogen) atoms. The molecule has 0 bridgehead atoms. The van der Waals surface area contributed by atoms with Gasteiger partial charge in [-0.2, -0.15) is 0 Å². The number of ether oxygens (including phenoxy) is 4. The van der Waals surface area contributed by atoms with Crippen LogP contribution in [0, 0.1) is 11.6 Å². The lowest BCUT2D eigenvalue weighted by Gasteiger charge is -2.13. The molecule has 0 N–H and O–H groups in total. The minimum atomic E-state index is -0.268. The van der Waals surface area contributed by atoms with Gasteiger partial charge in [-0.25, -0.2) is 28.7 Å². The molecule has 10 nitrogen and oxygen atoms in total. The van der Waals surface area contributed by atoms with Gasteiger partial charge in [0.1, 0.15) is 16.2 Å². The van der Waals surface area contributed by atoms with E-state index in [9.17, 15) is 8.78 Å². The van der Waals surface area contributed by atoms with Crippen LogP contribution in [0.15, 0.2) is 93.6 Å². The molecule has 0 saturated heterocycles. The van der Waals surface area contributed by atoms with Crippen LogP contribution < -0.4 is 18.9 Å². The van der Waals surface area contributed by atoms with Crippen LogP contribution in [-0.2, 0) is 25.9 Å². The quantitative estimate of drug-likeness (QED) is 0.142. The number of imidazole rings is 2. The summed E-state index contributed by atoms with van der Waals surface area (Å²) in [6.45, 7) is 1.62. The third-order valence-corrected chi connectivity index (χ3v) is 10.1. The first-order chi connectivity index (χ1) is 26.8. The lowest BCUT2D eigenvalue weighted by molar-refractivity contribution is 0.354. The van der Waals surface area contributed by atoms with E-state index in [1.807, 2.05) is 30.5 Å². The van der Waals surface area contributed by atoms with Crippen molar-refractivity contribution in [2.24, 2.45) is 9.98 Å². The van der Waals surface area contributed by atoms with Crippen molar-refractivity contribution in [3.63, 3.8) is 0 Å². The molecular weight excluding hydrogens is 770 g/mol. The highest BCUT2D eigenvalue weighted by Gasteiger charge is 2.24. The minimum Gasteiger partial charge on any atom is -0.493 e. The van der Waals surface area contributed by atoms with Crippen molar-refractivity contribution in [3.05, 3.63) is 117 Å². The van der Waals surface area contributed by atoms with Gasteiger partial charge in [-0.15, -0.1) is 0 Å². The average Bonchev–Trinajstić information content (AvgIpc) is 3.61. The first kappa shape index (κ1) is 37.5. The van der Waals surface area contributed by atoms with Gasteiger partial charge in [-0.3, -0.25) is 0 Å². The van der Waals surface area contributed by atoms with Gasteiger partial charge in [0.15, 0.2) is 23.0 Å². The van der Waals surface area contributed by atoms with Crippen molar-refractivity contribution in [2.75, 3.05) is 28.4 Å². The Labute approximate surface area is 326 Å². The van der Waals surface area contributed by atoms with Gasteiger partial charge in [0.2, 0.25) is 11.9 Å². The molecule has 282 valence electrons. The average molecular weight is 810 g/mol. The van der Waals surface area contributed by atoms with Gasteiger partial charge in [0, 0.05) is 36.6 Å². The number of benzene rings is 4. The molecule has 0 aliphatic carbocycles. The van der Waals surface area contributed by atoms with Crippen LogP contribution in [0.5, 0.6) is 23.0 Å². The first-order valence-corrected chi connectivity index (χ1v) is 18.5. The van der Waals surface area contributed by atoms with Crippen LogP contribution in [0.1, 0.15) is 35.1 Å². The number of halogens is 3. The number of fused-ring (bicyclic) bond motifs is 6. The van der Waals surface area contributed by atoms with Gasteiger partial charge < -0.3 is 28.1 Å². The monoisotopic (exact) mass is 808 g/mol. The van der Waals surface area contributed by atoms with E-state index in [0.29, 0.717) is 23.4 Å². The maximum Gasteiger partial charge on any atom is 0.231 e. The van der Waals surface area contributed by atoms with Crippen LogP contribution in [0.3, 0.4) is 0 Å². The normalized spacial score (nSPS) is 13.1. The summed E-state index contributed by atoms with van der Waals surface area (Å²) in [7, 11) is 6.55. The fourth-order valence-corrected chi connectivity index (χ4v) is 7.40. The Kier molecular flexibility index (Phi) is 11.4. The number of hydrogen-bond acceptors (Lipinski definition) is 8. The summed E-state index contributed by atoms with van der Waals surface area (Å²) in [5, 5.41) is 0. The van der Waals surface area contributed by atoms with Crippen LogP contribution in [0.4, 0.5) is 20.7 Å². The fourth-order valence-electron chi connectivity index (χ4n) is 6.82. The molecule has 4 aromatic carbocycles. The van der Waals surface area contributed by atoms with E-state index in [-0.39, 0.29) is 11.6 Å². The molecule has 2 aliphatic heterocycles. The van der Waals surface area contributed by atoms with Gasteiger partial charge in [0.25, 0.3) is 0 Å². The second-order valence-electron chi connectivity index (χ2n) is 12.9. The topological polar surface area (TPSA) is 97.3 Å². The third kappa shape index (κ3) is 8.02. The predicted molar refractivity (Wildman–Crippen MR) is 213 cm³/mol. The molecule has 0 radical (unpaired) electrons.